The molecule has 1 heterocycles. The molecule has 0 atom stereocenters. The molecule has 0 fully saturated rings. The van der Waals surface area contributed by atoms with E-state index in [4.69, 9.17) is 4.74 Å². The molecular weight excluding hydrogens is 216 g/mol. The molecule has 0 bridgehead atoms. The first kappa shape index (κ1) is 11.6. The molecule has 2 rings (SSSR count). The van der Waals surface area contributed by atoms with Crippen molar-refractivity contribution in [3.63, 3.8) is 0 Å². The van der Waals surface area contributed by atoms with Crippen molar-refractivity contribution in [1.29, 1.82) is 0 Å². The lowest BCUT2D eigenvalue weighted by molar-refractivity contribution is -0.116. The third-order valence-electron chi connectivity index (χ3n) is 2.69. The molecule has 0 spiro atoms. The lowest BCUT2D eigenvalue weighted by Gasteiger charge is -2.11. The molecular formula is C13H16N2O2. The number of hydrazone groups is 1. The number of ether oxygens (including phenoxy) is 1. The molecule has 1 aliphatic rings. The Hall–Kier alpha value is -1.84. The van der Waals surface area contributed by atoms with Gasteiger partial charge in [-0.1, -0.05) is 13.3 Å². The van der Waals surface area contributed by atoms with Crippen LogP contribution in [0.4, 0.5) is 5.69 Å². The van der Waals surface area contributed by atoms with E-state index in [1.165, 1.54) is 5.01 Å². The molecule has 1 aliphatic heterocycles. The maximum absolute atomic E-state index is 11.8. The number of hydrogen-bond acceptors (Lipinski definition) is 3. The Balaban J connectivity index is 2.18. The van der Waals surface area contributed by atoms with Gasteiger partial charge >= 0.3 is 0 Å². The van der Waals surface area contributed by atoms with Gasteiger partial charge in [-0.2, -0.15) is 5.10 Å². The number of methoxy groups -OCH3 is 1. The molecule has 90 valence electrons. The minimum absolute atomic E-state index is 0.0404. The molecule has 1 amide bonds. The van der Waals surface area contributed by atoms with Gasteiger partial charge in [0.1, 0.15) is 5.75 Å². The average molecular weight is 232 g/mol. The van der Waals surface area contributed by atoms with Crippen LogP contribution in [0.2, 0.25) is 0 Å². The van der Waals surface area contributed by atoms with E-state index in [1.807, 2.05) is 24.3 Å². The molecule has 1 aromatic rings. The van der Waals surface area contributed by atoms with Crippen molar-refractivity contribution in [1.82, 2.24) is 0 Å². The second-order valence-electron chi connectivity index (χ2n) is 4.00. The van der Waals surface area contributed by atoms with Crippen LogP contribution in [0.5, 0.6) is 5.75 Å². The second-order valence-corrected chi connectivity index (χ2v) is 4.00. The smallest absolute Gasteiger partial charge is 0.253 e. The average Bonchev–Trinajstić information content (AvgIpc) is 2.71. The Labute approximate surface area is 101 Å². The van der Waals surface area contributed by atoms with Crippen LogP contribution in [0.1, 0.15) is 26.2 Å². The highest BCUT2D eigenvalue weighted by Crippen LogP contribution is 2.24. The predicted molar refractivity (Wildman–Crippen MR) is 67.4 cm³/mol. The monoisotopic (exact) mass is 232 g/mol. The van der Waals surface area contributed by atoms with E-state index in [-0.39, 0.29) is 5.91 Å². The Morgan fingerprint density at radius 2 is 2.06 bits per heavy atom. The zero-order chi connectivity index (χ0) is 12.3. The molecule has 1 aromatic carbocycles. The fraction of sp³-hybridized carbons (Fsp3) is 0.385. The highest BCUT2D eigenvalue weighted by molar-refractivity contribution is 6.12. The summed E-state index contributed by atoms with van der Waals surface area (Å²) in [6.07, 6.45) is 2.35. The quantitative estimate of drug-likeness (QED) is 0.800. The number of carbonyl (C=O) groups excluding carboxylic acids is 1. The van der Waals surface area contributed by atoms with Gasteiger partial charge in [0.2, 0.25) is 0 Å². The Morgan fingerprint density at radius 1 is 1.35 bits per heavy atom. The van der Waals surface area contributed by atoms with Crippen molar-refractivity contribution in [2.75, 3.05) is 12.1 Å². The van der Waals surface area contributed by atoms with Crippen LogP contribution in [0, 0.1) is 0 Å². The van der Waals surface area contributed by atoms with Crippen LogP contribution in [-0.2, 0) is 4.79 Å². The lowest BCUT2D eigenvalue weighted by Crippen LogP contribution is -2.19. The van der Waals surface area contributed by atoms with Crippen molar-refractivity contribution in [2.45, 2.75) is 26.2 Å². The molecule has 0 saturated carbocycles. The molecule has 0 N–H and O–H groups in total. The summed E-state index contributed by atoms with van der Waals surface area (Å²) in [5.74, 6) is 0.816. The highest BCUT2D eigenvalue weighted by atomic mass is 16.5. The van der Waals surface area contributed by atoms with E-state index >= 15 is 0 Å². The van der Waals surface area contributed by atoms with Crippen molar-refractivity contribution >= 4 is 17.3 Å². The minimum Gasteiger partial charge on any atom is -0.497 e. The summed E-state index contributed by atoms with van der Waals surface area (Å²) >= 11 is 0. The normalized spacial score (nSPS) is 15.1. The molecule has 4 heteroatoms. The van der Waals surface area contributed by atoms with Gasteiger partial charge < -0.3 is 4.74 Å². The highest BCUT2D eigenvalue weighted by Gasteiger charge is 2.24. The van der Waals surface area contributed by atoms with Gasteiger partial charge in [0, 0.05) is 5.71 Å². The number of anilines is 1. The first-order valence-electron chi connectivity index (χ1n) is 5.78. The van der Waals surface area contributed by atoms with E-state index in [0.717, 1.165) is 30.0 Å². The van der Waals surface area contributed by atoms with Crippen molar-refractivity contribution < 1.29 is 9.53 Å². The summed E-state index contributed by atoms with van der Waals surface area (Å²) in [5.41, 5.74) is 1.76. The van der Waals surface area contributed by atoms with Crippen molar-refractivity contribution in [3.8, 4) is 5.75 Å². The maximum atomic E-state index is 11.8. The fourth-order valence-electron chi connectivity index (χ4n) is 1.83. The zero-order valence-corrected chi connectivity index (χ0v) is 10.1. The Bertz CT molecular complexity index is 437. The topological polar surface area (TPSA) is 41.9 Å². The van der Waals surface area contributed by atoms with Gasteiger partial charge in [-0.25, -0.2) is 5.01 Å². The number of benzene rings is 1. The molecule has 17 heavy (non-hydrogen) atoms. The number of nitrogens with zero attached hydrogens (tertiary/aromatic N) is 2. The van der Waals surface area contributed by atoms with Crippen molar-refractivity contribution in [2.24, 2.45) is 5.10 Å². The van der Waals surface area contributed by atoms with E-state index in [2.05, 4.69) is 12.0 Å². The van der Waals surface area contributed by atoms with Gasteiger partial charge in [0.25, 0.3) is 5.91 Å². The van der Waals surface area contributed by atoms with Crippen LogP contribution in [-0.4, -0.2) is 18.7 Å². The van der Waals surface area contributed by atoms with E-state index in [0.29, 0.717) is 6.42 Å². The Kier molecular flexibility index (Phi) is 3.42. The number of rotatable bonds is 4. The molecule has 0 saturated heterocycles. The summed E-state index contributed by atoms with van der Waals surface area (Å²) in [7, 11) is 1.62. The van der Waals surface area contributed by atoms with Gasteiger partial charge in [-0.15, -0.1) is 0 Å². The summed E-state index contributed by atoms with van der Waals surface area (Å²) < 4.78 is 5.08. The van der Waals surface area contributed by atoms with Crippen molar-refractivity contribution in [3.05, 3.63) is 24.3 Å². The van der Waals surface area contributed by atoms with Crippen LogP contribution < -0.4 is 9.75 Å². The van der Waals surface area contributed by atoms with E-state index < -0.39 is 0 Å². The first-order valence-corrected chi connectivity index (χ1v) is 5.78. The Morgan fingerprint density at radius 3 is 2.65 bits per heavy atom. The van der Waals surface area contributed by atoms with E-state index in [9.17, 15) is 4.79 Å². The summed E-state index contributed by atoms with van der Waals surface area (Å²) in [5, 5.41) is 5.82. The molecule has 0 unspecified atom stereocenters. The van der Waals surface area contributed by atoms with Gasteiger partial charge in [0.15, 0.2) is 0 Å². The predicted octanol–water partition coefficient (Wildman–Crippen LogP) is 2.59. The van der Waals surface area contributed by atoms with Gasteiger partial charge in [-0.05, 0) is 30.7 Å². The molecule has 0 radical (unpaired) electrons. The second kappa shape index (κ2) is 4.99. The number of carbonyl (C=O) groups is 1. The number of amides is 1. The molecule has 4 nitrogen and oxygen atoms in total. The van der Waals surface area contributed by atoms with Gasteiger partial charge in [-0.3, -0.25) is 4.79 Å². The third-order valence-corrected chi connectivity index (χ3v) is 2.69. The largest absolute Gasteiger partial charge is 0.497 e. The minimum atomic E-state index is 0.0404. The zero-order valence-electron chi connectivity index (χ0n) is 10.1. The first-order chi connectivity index (χ1) is 8.24. The van der Waals surface area contributed by atoms with Crippen LogP contribution in [0.15, 0.2) is 29.4 Å². The third kappa shape index (κ3) is 2.46. The summed E-state index contributed by atoms with van der Waals surface area (Å²) in [6.45, 7) is 2.09. The SMILES string of the molecule is CCCC1=NN(c2ccc(OC)cc2)C(=O)C1. The summed E-state index contributed by atoms with van der Waals surface area (Å²) in [4.78, 5) is 11.8. The molecule has 0 aliphatic carbocycles. The standard InChI is InChI=1S/C13H16N2O2/c1-3-4-10-9-13(16)15(14-10)11-5-7-12(17-2)8-6-11/h5-8H,3-4,9H2,1-2H3. The van der Waals surface area contributed by atoms with E-state index in [1.54, 1.807) is 7.11 Å². The van der Waals surface area contributed by atoms with Crippen LogP contribution in [0.25, 0.3) is 0 Å². The summed E-state index contributed by atoms with van der Waals surface area (Å²) in [6, 6.07) is 7.34. The maximum Gasteiger partial charge on any atom is 0.253 e. The van der Waals surface area contributed by atoms with Gasteiger partial charge in [0.05, 0.1) is 19.2 Å². The van der Waals surface area contributed by atoms with Crippen LogP contribution in [0.3, 0.4) is 0 Å². The lowest BCUT2D eigenvalue weighted by atomic mass is 10.2. The van der Waals surface area contributed by atoms with Crippen LogP contribution >= 0.6 is 0 Å². The molecule has 0 aromatic heterocycles. The number of hydrogen-bond donors (Lipinski definition) is 0. The fourth-order valence-corrected chi connectivity index (χ4v) is 1.83.